The average Bonchev–Trinajstić information content (AvgIpc) is 2.89. The number of methoxy groups -OCH3 is 2. The van der Waals surface area contributed by atoms with Gasteiger partial charge in [0.15, 0.2) is 11.5 Å². The zero-order valence-corrected chi connectivity index (χ0v) is 15.6. The lowest BCUT2D eigenvalue weighted by molar-refractivity contribution is -0.110. The summed E-state index contributed by atoms with van der Waals surface area (Å²) in [7, 11) is 3.10. The number of amides is 1. The van der Waals surface area contributed by atoms with Gasteiger partial charge >= 0.3 is 0 Å². The second-order valence-electron chi connectivity index (χ2n) is 7.29. The highest BCUT2D eigenvalue weighted by molar-refractivity contribution is 6.35. The van der Waals surface area contributed by atoms with E-state index in [1.54, 1.807) is 38.5 Å². The summed E-state index contributed by atoms with van der Waals surface area (Å²) in [5, 5.41) is 13.1. The molecule has 0 spiro atoms. The number of carbonyl (C=O) groups excluding carboxylic acids is 1. The minimum atomic E-state index is -0.226. The van der Waals surface area contributed by atoms with E-state index in [2.05, 4.69) is 26.1 Å². The minimum Gasteiger partial charge on any atom is -0.507 e. The van der Waals surface area contributed by atoms with Crippen LogP contribution in [-0.4, -0.2) is 25.2 Å². The van der Waals surface area contributed by atoms with Crippen molar-refractivity contribution >= 4 is 23.2 Å². The third-order valence-corrected chi connectivity index (χ3v) is 4.50. The maximum Gasteiger partial charge on any atom is 0.256 e. The highest BCUT2D eigenvalue weighted by atomic mass is 16.5. The van der Waals surface area contributed by atoms with Crippen molar-refractivity contribution in [3.63, 3.8) is 0 Å². The zero-order valence-electron chi connectivity index (χ0n) is 15.6. The van der Waals surface area contributed by atoms with E-state index in [0.717, 1.165) is 5.56 Å². The molecule has 136 valence electrons. The average molecular weight is 353 g/mol. The maximum atomic E-state index is 12.5. The molecule has 0 saturated heterocycles. The molecule has 26 heavy (non-hydrogen) atoms. The Hall–Kier alpha value is -2.95. The van der Waals surface area contributed by atoms with E-state index >= 15 is 0 Å². The molecule has 0 bridgehead atoms. The van der Waals surface area contributed by atoms with Crippen molar-refractivity contribution in [2.75, 3.05) is 19.5 Å². The van der Waals surface area contributed by atoms with E-state index in [0.29, 0.717) is 33.9 Å². The first kappa shape index (κ1) is 17.9. The van der Waals surface area contributed by atoms with E-state index in [1.165, 1.54) is 0 Å². The Bertz CT molecular complexity index is 907. The van der Waals surface area contributed by atoms with Crippen molar-refractivity contribution in [2.45, 2.75) is 26.2 Å². The summed E-state index contributed by atoms with van der Waals surface area (Å²) < 4.78 is 10.6. The molecule has 5 nitrogen and oxygen atoms in total. The first-order valence-corrected chi connectivity index (χ1v) is 8.37. The van der Waals surface area contributed by atoms with Crippen LogP contribution in [0.2, 0.25) is 0 Å². The van der Waals surface area contributed by atoms with Crippen molar-refractivity contribution in [3.05, 3.63) is 47.0 Å². The molecule has 3 rings (SSSR count). The normalized spacial score (nSPS) is 15.0. The summed E-state index contributed by atoms with van der Waals surface area (Å²) in [6, 6.07) is 8.97. The Morgan fingerprint density at radius 1 is 1.04 bits per heavy atom. The second kappa shape index (κ2) is 6.41. The number of fused-ring (bicyclic) bond motifs is 1. The van der Waals surface area contributed by atoms with Gasteiger partial charge in [-0.25, -0.2) is 0 Å². The van der Waals surface area contributed by atoms with Crippen LogP contribution in [0, 0.1) is 0 Å². The molecule has 1 heterocycles. The van der Waals surface area contributed by atoms with Gasteiger partial charge in [-0.1, -0.05) is 26.8 Å². The smallest absolute Gasteiger partial charge is 0.256 e. The number of hydrogen-bond donors (Lipinski definition) is 2. The van der Waals surface area contributed by atoms with Crippen LogP contribution in [0.4, 0.5) is 5.69 Å². The molecular weight excluding hydrogens is 330 g/mol. The monoisotopic (exact) mass is 353 g/mol. The number of aromatic hydroxyl groups is 1. The number of nitrogens with one attached hydrogen (secondary N) is 1. The van der Waals surface area contributed by atoms with E-state index in [1.807, 2.05) is 12.1 Å². The van der Waals surface area contributed by atoms with E-state index < -0.39 is 0 Å². The first-order chi connectivity index (χ1) is 12.2. The molecule has 0 saturated carbocycles. The number of hydrogen-bond acceptors (Lipinski definition) is 4. The third kappa shape index (κ3) is 3.12. The van der Waals surface area contributed by atoms with Crippen LogP contribution in [0.3, 0.4) is 0 Å². The van der Waals surface area contributed by atoms with Crippen LogP contribution >= 0.6 is 0 Å². The number of carbonyl (C=O) groups is 1. The Kier molecular flexibility index (Phi) is 4.40. The maximum absolute atomic E-state index is 12.5. The minimum absolute atomic E-state index is 0.0621. The number of phenolic OH excluding ortho intramolecular Hbond substituents is 1. The molecule has 1 aliphatic rings. The lowest BCUT2D eigenvalue weighted by Crippen LogP contribution is -2.11. The van der Waals surface area contributed by atoms with Crippen LogP contribution in [0.5, 0.6) is 17.2 Å². The van der Waals surface area contributed by atoms with Crippen LogP contribution in [0.15, 0.2) is 30.3 Å². The molecule has 0 unspecified atom stereocenters. The molecule has 1 amide bonds. The molecule has 2 N–H and O–H groups in total. The van der Waals surface area contributed by atoms with Crippen molar-refractivity contribution in [2.24, 2.45) is 0 Å². The van der Waals surface area contributed by atoms with Crippen molar-refractivity contribution < 1.29 is 19.4 Å². The largest absolute Gasteiger partial charge is 0.507 e. The van der Waals surface area contributed by atoms with E-state index in [-0.39, 0.29) is 17.1 Å². The molecule has 2 aromatic carbocycles. The zero-order chi connectivity index (χ0) is 19.1. The van der Waals surface area contributed by atoms with Gasteiger partial charge < -0.3 is 19.9 Å². The second-order valence-corrected chi connectivity index (χ2v) is 7.29. The summed E-state index contributed by atoms with van der Waals surface area (Å²) >= 11 is 0. The van der Waals surface area contributed by atoms with Gasteiger partial charge in [-0.3, -0.25) is 4.79 Å². The number of phenols is 1. The fourth-order valence-corrected chi connectivity index (χ4v) is 2.95. The summed E-state index contributed by atoms with van der Waals surface area (Å²) in [5.74, 6) is 0.995. The Morgan fingerprint density at radius 2 is 1.69 bits per heavy atom. The summed E-state index contributed by atoms with van der Waals surface area (Å²) in [6.07, 6.45) is 1.71. The van der Waals surface area contributed by atoms with Gasteiger partial charge in [0.25, 0.3) is 5.91 Å². The van der Waals surface area contributed by atoms with Crippen LogP contribution in [0.1, 0.15) is 37.5 Å². The Labute approximate surface area is 153 Å². The molecular formula is C21H23NO4. The third-order valence-electron chi connectivity index (χ3n) is 4.50. The van der Waals surface area contributed by atoms with Gasteiger partial charge in [0.05, 0.1) is 19.9 Å². The van der Waals surface area contributed by atoms with Crippen LogP contribution in [-0.2, 0) is 10.2 Å². The molecule has 0 aromatic heterocycles. The predicted octanol–water partition coefficient (Wildman–Crippen LogP) is 4.20. The molecule has 5 heteroatoms. The van der Waals surface area contributed by atoms with Gasteiger partial charge in [0.1, 0.15) is 5.75 Å². The fourth-order valence-electron chi connectivity index (χ4n) is 2.95. The number of benzene rings is 2. The summed E-state index contributed by atoms with van der Waals surface area (Å²) in [6.45, 7) is 6.31. The van der Waals surface area contributed by atoms with Crippen LogP contribution < -0.4 is 14.8 Å². The molecule has 2 aromatic rings. The predicted molar refractivity (Wildman–Crippen MR) is 103 cm³/mol. The highest BCUT2D eigenvalue weighted by Gasteiger charge is 2.27. The van der Waals surface area contributed by atoms with Gasteiger partial charge in [0, 0.05) is 22.8 Å². The van der Waals surface area contributed by atoms with Gasteiger partial charge in [0.2, 0.25) is 0 Å². The molecule has 0 fully saturated rings. The lowest BCUT2D eigenvalue weighted by atomic mass is 9.85. The van der Waals surface area contributed by atoms with E-state index in [9.17, 15) is 9.90 Å². The lowest BCUT2D eigenvalue weighted by Gasteiger charge is -2.19. The highest BCUT2D eigenvalue weighted by Crippen LogP contribution is 2.41. The van der Waals surface area contributed by atoms with Gasteiger partial charge in [-0.15, -0.1) is 0 Å². The standard InChI is InChI=1S/C21H23NO4/c1-21(2,3)13-6-7-17(23)12(8-13)9-15-14-10-18(25-4)19(26-5)11-16(14)22-20(15)24/h6-11,23H,1-5H3,(H,22,24). The van der Waals surface area contributed by atoms with Crippen molar-refractivity contribution in [1.29, 1.82) is 0 Å². The molecule has 0 aliphatic carbocycles. The van der Waals surface area contributed by atoms with Gasteiger partial charge in [-0.05, 0) is 35.3 Å². The van der Waals surface area contributed by atoms with Gasteiger partial charge in [-0.2, -0.15) is 0 Å². The summed E-state index contributed by atoms with van der Waals surface area (Å²) in [5.41, 5.74) is 3.46. The summed E-state index contributed by atoms with van der Waals surface area (Å²) in [4.78, 5) is 12.5. The quantitative estimate of drug-likeness (QED) is 0.812. The van der Waals surface area contributed by atoms with Crippen LogP contribution in [0.25, 0.3) is 11.6 Å². The number of ether oxygens (including phenoxy) is 2. The van der Waals surface area contributed by atoms with Crippen molar-refractivity contribution in [3.8, 4) is 17.2 Å². The Morgan fingerprint density at radius 3 is 2.31 bits per heavy atom. The SMILES string of the molecule is COc1cc2c(cc1OC)C(=Cc1cc(C(C)(C)C)ccc1O)C(=O)N2. The molecule has 0 radical (unpaired) electrons. The topological polar surface area (TPSA) is 67.8 Å². The first-order valence-electron chi connectivity index (χ1n) is 8.37. The van der Waals surface area contributed by atoms with E-state index in [4.69, 9.17) is 9.47 Å². The fraction of sp³-hybridized carbons (Fsp3) is 0.286. The Balaban J connectivity index is 2.13. The number of rotatable bonds is 3. The molecule has 1 aliphatic heterocycles. The number of anilines is 1. The molecule has 0 atom stereocenters. The van der Waals surface area contributed by atoms with Crippen molar-refractivity contribution in [1.82, 2.24) is 0 Å².